The smallest absolute Gasteiger partial charge is 0.262 e. The molecule has 0 saturated heterocycles. The summed E-state index contributed by atoms with van der Waals surface area (Å²) in [6, 6.07) is 17.9. The first kappa shape index (κ1) is 23.9. The van der Waals surface area contributed by atoms with Gasteiger partial charge in [-0.2, -0.15) is 0 Å². The molecular weight excluding hydrogens is 444 g/mol. The predicted octanol–water partition coefficient (Wildman–Crippen LogP) is 3.79. The van der Waals surface area contributed by atoms with Crippen molar-refractivity contribution in [2.24, 2.45) is 0 Å². The van der Waals surface area contributed by atoms with Crippen molar-refractivity contribution in [1.29, 1.82) is 0 Å². The third-order valence-corrected chi connectivity index (χ3v) is 6.35. The topological polar surface area (TPSA) is 94.2 Å². The van der Waals surface area contributed by atoms with Gasteiger partial charge in [-0.3, -0.25) is 9.52 Å². The number of nitrogens with zero attached hydrogens (tertiary/aromatic N) is 1. The fraction of sp³-hybridized carbons (Fsp3) is 0.208. The summed E-state index contributed by atoms with van der Waals surface area (Å²) in [4.78, 5) is 14.5. The molecule has 0 fully saturated rings. The van der Waals surface area contributed by atoms with Crippen LogP contribution in [-0.4, -0.2) is 47.6 Å². The molecule has 0 aliphatic rings. The van der Waals surface area contributed by atoms with Crippen LogP contribution in [0.1, 0.15) is 15.9 Å². The number of rotatable bonds is 9. The van der Waals surface area contributed by atoms with Crippen molar-refractivity contribution >= 4 is 21.6 Å². The van der Waals surface area contributed by atoms with Gasteiger partial charge >= 0.3 is 0 Å². The number of nitrogens with one attached hydrogen (secondary N) is 1. The molecule has 3 aromatic carbocycles. The largest absolute Gasteiger partial charge is 0.497 e. The fourth-order valence-corrected chi connectivity index (χ4v) is 4.37. The summed E-state index contributed by atoms with van der Waals surface area (Å²) in [5.74, 6) is 1.29. The highest BCUT2D eigenvalue weighted by molar-refractivity contribution is 7.92. The van der Waals surface area contributed by atoms with Gasteiger partial charge in [0.25, 0.3) is 15.9 Å². The number of amides is 1. The molecule has 9 heteroatoms. The maximum Gasteiger partial charge on any atom is 0.262 e. The molecular formula is C24H26N2O6S. The Hall–Kier alpha value is -3.72. The van der Waals surface area contributed by atoms with Crippen molar-refractivity contribution in [3.05, 3.63) is 77.9 Å². The molecule has 174 valence electrons. The van der Waals surface area contributed by atoms with Crippen molar-refractivity contribution in [3.63, 3.8) is 0 Å². The van der Waals surface area contributed by atoms with Gasteiger partial charge in [0, 0.05) is 30.8 Å². The molecule has 0 aliphatic heterocycles. The summed E-state index contributed by atoms with van der Waals surface area (Å²) < 4.78 is 44.2. The van der Waals surface area contributed by atoms with Gasteiger partial charge in [0.05, 0.1) is 31.9 Å². The molecule has 0 atom stereocenters. The Labute approximate surface area is 193 Å². The molecule has 8 nitrogen and oxygen atoms in total. The summed E-state index contributed by atoms with van der Waals surface area (Å²) >= 11 is 0. The van der Waals surface area contributed by atoms with E-state index in [1.165, 1.54) is 30.2 Å². The zero-order chi connectivity index (χ0) is 24.0. The zero-order valence-electron chi connectivity index (χ0n) is 18.9. The average molecular weight is 471 g/mol. The minimum absolute atomic E-state index is 0.0327. The monoisotopic (exact) mass is 470 g/mol. The van der Waals surface area contributed by atoms with Gasteiger partial charge in [-0.15, -0.1) is 0 Å². The number of benzene rings is 3. The number of carbonyl (C=O) groups is 1. The van der Waals surface area contributed by atoms with Crippen molar-refractivity contribution in [2.75, 3.05) is 33.1 Å². The maximum atomic E-state index is 13.0. The van der Waals surface area contributed by atoms with E-state index < -0.39 is 10.0 Å². The lowest BCUT2D eigenvalue weighted by Gasteiger charge is -2.20. The number of ether oxygens (including phenoxy) is 3. The van der Waals surface area contributed by atoms with E-state index in [1.807, 2.05) is 6.07 Å². The Morgan fingerprint density at radius 1 is 0.879 bits per heavy atom. The molecule has 3 rings (SSSR count). The highest BCUT2D eigenvalue weighted by atomic mass is 32.2. The molecule has 0 unspecified atom stereocenters. The highest BCUT2D eigenvalue weighted by Gasteiger charge is 2.20. The van der Waals surface area contributed by atoms with Gasteiger partial charge in [0.15, 0.2) is 0 Å². The Morgan fingerprint density at radius 2 is 1.61 bits per heavy atom. The molecule has 0 heterocycles. The highest BCUT2D eigenvalue weighted by Crippen LogP contribution is 2.28. The maximum absolute atomic E-state index is 13.0. The lowest BCUT2D eigenvalue weighted by atomic mass is 10.1. The number of hydrogen-bond donors (Lipinski definition) is 1. The fourth-order valence-electron chi connectivity index (χ4n) is 3.26. The van der Waals surface area contributed by atoms with Crippen LogP contribution in [0.2, 0.25) is 0 Å². The summed E-state index contributed by atoms with van der Waals surface area (Å²) in [6.45, 7) is 0.266. The Balaban J connectivity index is 1.81. The van der Waals surface area contributed by atoms with E-state index in [0.717, 1.165) is 5.56 Å². The molecule has 33 heavy (non-hydrogen) atoms. The second-order valence-corrected chi connectivity index (χ2v) is 8.86. The first-order valence-corrected chi connectivity index (χ1v) is 11.5. The van der Waals surface area contributed by atoms with Crippen LogP contribution in [0.15, 0.2) is 71.6 Å². The molecule has 1 N–H and O–H groups in total. The molecule has 0 aliphatic carbocycles. The van der Waals surface area contributed by atoms with Crippen molar-refractivity contribution in [2.45, 2.75) is 11.4 Å². The van der Waals surface area contributed by atoms with E-state index >= 15 is 0 Å². The predicted molar refractivity (Wildman–Crippen MR) is 126 cm³/mol. The molecule has 0 aromatic heterocycles. The van der Waals surface area contributed by atoms with Gasteiger partial charge in [-0.05, 0) is 42.5 Å². The Kier molecular flexibility index (Phi) is 7.44. The number of hydrogen-bond acceptors (Lipinski definition) is 6. The van der Waals surface area contributed by atoms with Crippen LogP contribution >= 0.6 is 0 Å². The number of methoxy groups -OCH3 is 3. The summed E-state index contributed by atoms with van der Waals surface area (Å²) in [6.07, 6.45) is 0. The average Bonchev–Trinajstić information content (AvgIpc) is 2.83. The lowest BCUT2D eigenvalue weighted by Crippen LogP contribution is -2.26. The van der Waals surface area contributed by atoms with Crippen molar-refractivity contribution < 1.29 is 27.4 Å². The second kappa shape index (κ2) is 10.3. The van der Waals surface area contributed by atoms with E-state index in [0.29, 0.717) is 22.9 Å². The SMILES string of the molecule is COc1ccc(CN(C)C(=O)c2cccc(S(=O)(=O)Nc3ccccc3OC)c2)c(OC)c1. The van der Waals surface area contributed by atoms with E-state index in [4.69, 9.17) is 14.2 Å². The third kappa shape index (κ3) is 5.56. The van der Waals surface area contributed by atoms with Gasteiger partial charge in [0.2, 0.25) is 0 Å². The van der Waals surface area contributed by atoms with Crippen LogP contribution in [0, 0.1) is 0 Å². The molecule has 3 aromatic rings. The van der Waals surface area contributed by atoms with Gasteiger partial charge < -0.3 is 19.1 Å². The van der Waals surface area contributed by atoms with Gasteiger partial charge in [0.1, 0.15) is 17.2 Å². The van der Waals surface area contributed by atoms with Gasteiger partial charge in [-0.1, -0.05) is 18.2 Å². The van der Waals surface area contributed by atoms with Crippen molar-refractivity contribution in [1.82, 2.24) is 4.90 Å². The zero-order valence-corrected chi connectivity index (χ0v) is 19.7. The van der Waals surface area contributed by atoms with Gasteiger partial charge in [-0.25, -0.2) is 8.42 Å². The van der Waals surface area contributed by atoms with Crippen LogP contribution in [0.25, 0.3) is 0 Å². The first-order chi connectivity index (χ1) is 15.8. The Bertz CT molecular complexity index is 1240. The summed E-state index contributed by atoms with van der Waals surface area (Å²) in [7, 11) is 2.27. The van der Waals surface area contributed by atoms with Crippen LogP contribution in [-0.2, 0) is 16.6 Å². The second-order valence-electron chi connectivity index (χ2n) is 7.17. The van der Waals surface area contributed by atoms with Crippen LogP contribution in [0.5, 0.6) is 17.2 Å². The molecule has 0 saturated carbocycles. The summed E-state index contributed by atoms with van der Waals surface area (Å²) in [5, 5.41) is 0. The van der Waals surface area contributed by atoms with Crippen LogP contribution in [0.4, 0.5) is 5.69 Å². The number of carbonyl (C=O) groups excluding carboxylic acids is 1. The lowest BCUT2D eigenvalue weighted by molar-refractivity contribution is 0.0784. The van der Waals surface area contributed by atoms with Crippen LogP contribution in [0.3, 0.4) is 0 Å². The minimum atomic E-state index is -3.94. The molecule has 1 amide bonds. The standard InChI is InChI=1S/C24H26N2O6S/c1-26(16-18-12-13-19(30-2)15-23(18)32-4)24(27)17-8-7-9-20(14-17)33(28,29)25-21-10-5-6-11-22(21)31-3/h5-15,25H,16H2,1-4H3. The molecule has 0 bridgehead atoms. The number of para-hydroxylation sites is 2. The first-order valence-electron chi connectivity index (χ1n) is 10.0. The van der Waals surface area contributed by atoms with E-state index in [9.17, 15) is 13.2 Å². The van der Waals surface area contributed by atoms with E-state index in [1.54, 1.807) is 63.7 Å². The van der Waals surface area contributed by atoms with E-state index in [-0.39, 0.29) is 22.9 Å². The van der Waals surface area contributed by atoms with Crippen molar-refractivity contribution in [3.8, 4) is 17.2 Å². The van der Waals surface area contributed by atoms with E-state index in [2.05, 4.69) is 4.72 Å². The molecule has 0 spiro atoms. The quantitative estimate of drug-likeness (QED) is 0.511. The normalized spacial score (nSPS) is 10.9. The number of anilines is 1. The molecule has 0 radical (unpaired) electrons. The third-order valence-electron chi connectivity index (χ3n) is 4.99. The summed E-state index contributed by atoms with van der Waals surface area (Å²) in [5.41, 5.74) is 1.34. The van der Waals surface area contributed by atoms with Crippen LogP contribution < -0.4 is 18.9 Å². The number of sulfonamides is 1. The Morgan fingerprint density at radius 3 is 2.30 bits per heavy atom. The minimum Gasteiger partial charge on any atom is -0.497 e.